The van der Waals surface area contributed by atoms with Crippen LogP contribution in [-0.2, 0) is 6.54 Å². The summed E-state index contributed by atoms with van der Waals surface area (Å²) in [5.41, 5.74) is 1.28. The number of hydrogen-bond donors (Lipinski definition) is 1. The zero-order chi connectivity index (χ0) is 19.9. The summed E-state index contributed by atoms with van der Waals surface area (Å²) >= 11 is 7.52. The zero-order valence-corrected chi connectivity index (χ0v) is 17.2. The SMILES string of the molecule is CC(C)COc1ccc(Cl)cc1/C=N/c1sccc1C(=O)NCc1ccco1. The van der Waals surface area contributed by atoms with Crippen LogP contribution in [0.1, 0.15) is 35.5 Å². The number of thiophene rings is 1. The van der Waals surface area contributed by atoms with Gasteiger partial charge in [-0.25, -0.2) is 4.99 Å². The van der Waals surface area contributed by atoms with Gasteiger partial charge < -0.3 is 14.5 Å². The molecule has 3 aromatic rings. The number of amides is 1. The molecule has 1 N–H and O–H groups in total. The summed E-state index contributed by atoms with van der Waals surface area (Å²) in [5.74, 6) is 1.61. The van der Waals surface area contributed by atoms with Gasteiger partial charge in [-0.2, -0.15) is 0 Å². The average Bonchev–Trinajstić information content (AvgIpc) is 3.35. The zero-order valence-electron chi connectivity index (χ0n) is 15.6. The van der Waals surface area contributed by atoms with Crippen molar-refractivity contribution in [2.75, 3.05) is 6.61 Å². The molecule has 3 rings (SSSR count). The standard InChI is InChI=1S/C21H21ClN2O3S/c1-14(2)13-27-19-6-5-16(22)10-15(19)11-24-21-18(7-9-28-21)20(25)23-12-17-4-3-8-26-17/h3-11,14H,12-13H2,1-2H3,(H,23,25)/b24-11+. The lowest BCUT2D eigenvalue weighted by Gasteiger charge is -2.11. The third-order valence-electron chi connectivity index (χ3n) is 3.76. The Morgan fingerprint density at radius 2 is 2.21 bits per heavy atom. The first-order chi connectivity index (χ1) is 13.5. The van der Waals surface area contributed by atoms with Gasteiger partial charge in [0, 0.05) is 16.8 Å². The third kappa shape index (κ3) is 5.47. The molecule has 0 aliphatic carbocycles. The monoisotopic (exact) mass is 416 g/mol. The summed E-state index contributed by atoms with van der Waals surface area (Å²) in [6, 6.07) is 10.8. The summed E-state index contributed by atoms with van der Waals surface area (Å²) in [5, 5.41) is 5.88. The van der Waals surface area contributed by atoms with Gasteiger partial charge in [0.05, 0.1) is 25.0 Å². The van der Waals surface area contributed by atoms with Crippen molar-refractivity contribution >= 4 is 40.1 Å². The lowest BCUT2D eigenvalue weighted by atomic mass is 10.2. The van der Waals surface area contributed by atoms with Crippen LogP contribution in [0.4, 0.5) is 5.00 Å². The van der Waals surface area contributed by atoms with E-state index in [-0.39, 0.29) is 5.91 Å². The molecule has 0 aliphatic heterocycles. The quantitative estimate of drug-likeness (QED) is 0.478. The summed E-state index contributed by atoms with van der Waals surface area (Å²) in [7, 11) is 0. The maximum absolute atomic E-state index is 12.5. The molecule has 0 saturated carbocycles. The van der Waals surface area contributed by atoms with Gasteiger partial charge in [0.1, 0.15) is 16.5 Å². The number of hydrogen-bond acceptors (Lipinski definition) is 5. The molecule has 1 amide bonds. The molecule has 2 aromatic heterocycles. The number of furan rings is 1. The molecule has 0 unspecified atom stereocenters. The van der Waals surface area contributed by atoms with Gasteiger partial charge in [-0.1, -0.05) is 25.4 Å². The average molecular weight is 417 g/mol. The van der Waals surface area contributed by atoms with Gasteiger partial charge in [0.25, 0.3) is 5.91 Å². The van der Waals surface area contributed by atoms with E-state index in [0.717, 1.165) is 5.56 Å². The van der Waals surface area contributed by atoms with Crippen LogP contribution in [0.25, 0.3) is 0 Å². The number of rotatable bonds is 8. The van der Waals surface area contributed by atoms with E-state index in [2.05, 4.69) is 24.2 Å². The maximum Gasteiger partial charge on any atom is 0.254 e. The lowest BCUT2D eigenvalue weighted by Crippen LogP contribution is -2.22. The molecule has 146 valence electrons. The van der Waals surface area contributed by atoms with Crippen molar-refractivity contribution in [2.45, 2.75) is 20.4 Å². The van der Waals surface area contributed by atoms with E-state index < -0.39 is 0 Å². The van der Waals surface area contributed by atoms with E-state index in [1.165, 1.54) is 11.3 Å². The minimum Gasteiger partial charge on any atom is -0.493 e. The van der Waals surface area contributed by atoms with Crippen LogP contribution < -0.4 is 10.1 Å². The smallest absolute Gasteiger partial charge is 0.254 e. The number of benzene rings is 1. The van der Waals surface area contributed by atoms with Crippen LogP contribution in [0.3, 0.4) is 0 Å². The second-order valence-electron chi connectivity index (χ2n) is 6.55. The number of aliphatic imine (C=N–C) groups is 1. The Labute approximate surface area is 173 Å². The second kappa shape index (κ2) is 9.57. The van der Waals surface area contributed by atoms with Crippen molar-refractivity contribution in [2.24, 2.45) is 10.9 Å². The van der Waals surface area contributed by atoms with Gasteiger partial charge in [-0.15, -0.1) is 11.3 Å². The summed E-state index contributed by atoms with van der Waals surface area (Å²) in [6.45, 7) is 5.10. The van der Waals surface area contributed by atoms with E-state index in [0.29, 0.717) is 46.2 Å². The van der Waals surface area contributed by atoms with E-state index in [4.69, 9.17) is 20.8 Å². The Hall–Kier alpha value is -2.57. The minimum absolute atomic E-state index is 0.202. The number of nitrogens with one attached hydrogen (secondary N) is 1. The number of nitrogens with zero attached hydrogens (tertiary/aromatic N) is 1. The summed E-state index contributed by atoms with van der Waals surface area (Å²) in [4.78, 5) is 17.0. The molecule has 1 aromatic carbocycles. The summed E-state index contributed by atoms with van der Waals surface area (Å²) < 4.78 is 11.1. The van der Waals surface area contributed by atoms with Gasteiger partial charge in [-0.3, -0.25) is 4.79 Å². The molecule has 5 nitrogen and oxygen atoms in total. The third-order valence-corrected chi connectivity index (χ3v) is 4.81. The maximum atomic E-state index is 12.5. The van der Waals surface area contributed by atoms with Gasteiger partial charge in [0.2, 0.25) is 0 Å². The van der Waals surface area contributed by atoms with Crippen LogP contribution in [-0.4, -0.2) is 18.7 Å². The van der Waals surface area contributed by atoms with E-state index in [1.807, 2.05) is 17.5 Å². The molecule has 2 heterocycles. The Balaban J connectivity index is 1.74. The summed E-state index contributed by atoms with van der Waals surface area (Å²) in [6.07, 6.45) is 3.25. The fraction of sp³-hybridized carbons (Fsp3) is 0.238. The highest BCUT2D eigenvalue weighted by atomic mass is 35.5. The van der Waals surface area contributed by atoms with Gasteiger partial charge in [0.15, 0.2) is 0 Å². The van der Waals surface area contributed by atoms with Gasteiger partial charge >= 0.3 is 0 Å². The van der Waals surface area contributed by atoms with Gasteiger partial charge in [-0.05, 0) is 47.7 Å². The fourth-order valence-corrected chi connectivity index (χ4v) is 3.30. The second-order valence-corrected chi connectivity index (χ2v) is 7.88. The van der Waals surface area contributed by atoms with E-state index in [1.54, 1.807) is 36.7 Å². The molecule has 0 atom stereocenters. The van der Waals surface area contributed by atoms with Crippen molar-refractivity contribution in [3.05, 3.63) is 70.0 Å². The lowest BCUT2D eigenvalue weighted by molar-refractivity contribution is 0.0949. The van der Waals surface area contributed by atoms with Crippen molar-refractivity contribution in [1.29, 1.82) is 0 Å². The van der Waals surface area contributed by atoms with Crippen molar-refractivity contribution in [3.63, 3.8) is 0 Å². The Morgan fingerprint density at radius 1 is 1.36 bits per heavy atom. The van der Waals surface area contributed by atoms with Crippen LogP contribution in [0, 0.1) is 5.92 Å². The Morgan fingerprint density at radius 3 is 2.96 bits per heavy atom. The number of ether oxygens (including phenoxy) is 1. The van der Waals surface area contributed by atoms with Crippen LogP contribution in [0.5, 0.6) is 5.75 Å². The van der Waals surface area contributed by atoms with Crippen LogP contribution in [0.15, 0.2) is 57.5 Å². The first-order valence-corrected chi connectivity index (χ1v) is 10.1. The Bertz CT molecular complexity index is 948. The minimum atomic E-state index is -0.202. The highest BCUT2D eigenvalue weighted by molar-refractivity contribution is 7.14. The molecular formula is C21H21ClN2O3S. The molecule has 28 heavy (non-hydrogen) atoms. The van der Waals surface area contributed by atoms with Crippen LogP contribution >= 0.6 is 22.9 Å². The highest BCUT2D eigenvalue weighted by Gasteiger charge is 2.13. The molecular weight excluding hydrogens is 396 g/mol. The van der Waals surface area contributed by atoms with Crippen molar-refractivity contribution in [1.82, 2.24) is 5.32 Å². The number of carbonyl (C=O) groups is 1. The predicted octanol–water partition coefficient (Wildman–Crippen LogP) is 5.71. The Kier molecular flexibility index (Phi) is 6.90. The predicted molar refractivity (Wildman–Crippen MR) is 113 cm³/mol. The van der Waals surface area contributed by atoms with E-state index >= 15 is 0 Å². The largest absolute Gasteiger partial charge is 0.493 e. The number of halogens is 1. The van der Waals surface area contributed by atoms with E-state index in [9.17, 15) is 4.79 Å². The molecule has 0 aliphatic rings. The molecule has 0 saturated heterocycles. The normalized spacial score (nSPS) is 11.3. The molecule has 0 spiro atoms. The fourth-order valence-electron chi connectivity index (χ4n) is 2.39. The van der Waals surface area contributed by atoms with Crippen molar-refractivity contribution < 1.29 is 13.9 Å². The molecule has 0 fully saturated rings. The highest BCUT2D eigenvalue weighted by Crippen LogP contribution is 2.28. The van der Waals surface area contributed by atoms with Crippen molar-refractivity contribution in [3.8, 4) is 5.75 Å². The number of carbonyl (C=O) groups excluding carboxylic acids is 1. The molecule has 0 radical (unpaired) electrons. The topological polar surface area (TPSA) is 63.8 Å². The van der Waals surface area contributed by atoms with Crippen LogP contribution in [0.2, 0.25) is 5.02 Å². The molecule has 7 heteroatoms. The first-order valence-electron chi connectivity index (χ1n) is 8.87. The molecule has 0 bridgehead atoms. The first kappa shape index (κ1) is 20.2.